The highest BCUT2D eigenvalue weighted by molar-refractivity contribution is 6.30. The SMILES string of the molecule is NCCCOc1nc2ccccc2cc1C(=O)NCCOc1nc2ccccc2cc1C(=O)Nc1ccc(Cl)cc1F. The van der Waals surface area contributed by atoms with Gasteiger partial charge < -0.3 is 25.8 Å². The van der Waals surface area contributed by atoms with Crippen LogP contribution in [-0.2, 0) is 0 Å². The molecule has 0 aliphatic heterocycles. The van der Waals surface area contributed by atoms with Crippen LogP contribution < -0.4 is 25.8 Å². The van der Waals surface area contributed by atoms with Crippen molar-refractivity contribution in [3.8, 4) is 11.8 Å². The topological polar surface area (TPSA) is 128 Å². The third kappa shape index (κ3) is 6.73. The first-order chi connectivity index (χ1) is 20.4. The van der Waals surface area contributed by atoms with Crippen molar-refractivity contribution in [2.75, 3.05) is 31.6 Å². The smallest absolute Gasteiger partial charge is 0.261 e. The summed E-state index contributed by atoms with van der Waals surface area (Å²) in [6.07, 6.45) is 0.614. The molecule has 214 valence electrons. The number of benzene rings is 3. The fourth-order valence-electron chi connectivity index (χ4n) is 4.18. The Labute approximate surface area is 245 Å². The van der Waals surface area contributed by atoms with Crippen molar-refractivity contribution in [1.29, 1.82) is 0 Å². The van der Waals surface area contributed by atoms with E-state index < -0.39 is 17.6 Å². The third-order valence-corrected chi connectivity index (χ3v) is 6.50. The molecule has 0 saturated heterocycles. The normalized spacial score (nSPS) is 10.9. The Morgan fingerprint density at radius 2 is 1.40 bits per heavy atom. The summed E-state index contributed by atoms with van der Waals surface area (Å²) >= 11 is 5.83. The summed E-state index contributed by atoms with van der Waals surface area (Å²) in [5, 5.41) is 7.04. The van der Waals surface area contributed by atoms with Crippen molar-refractivity contribution in [3.63, 3.8) is 0 Å². The molecule has 0 aliphatic carbocycles. The van der Waals surface area contributed by atoms with Crippen LogP contribution in [0.15, 0.2) is 78.9 Å². The van der Waals surface area contributed by atoms with Gasteiger partial charge in [-0.15, -0.1) is 0 Å². The van der Waals surface area contributed by atoms with Gasteiger partial charge in [0.05, 0.1) is 29.9 Å². The van der Waals surface area contributed by atoms with Gasteiger partial charge >= 0.3 is 0 Å². The minimum Gasteiger partial charge on any atom is -0.477 e. The van der Waals surface area contributed by atoms with Crippen molar-refractivity contribution in [3.05, 3.63) is 101 Å². The lowest BCUT2D eigenvalue weighted by atomic mass is 10.1. The van der Waals surface area contributed by atoms with E-state index >= 15 is 0 Å². The maximum absolute atomic E-state index is 14.3. The van der Waals surface area contributed by atoms with Crippen LogP contribution in [0.2, 0.25) is 5.02 Å². The zero-order valence-electron chi connectivity index (χ0n) is 22.4. The summed E-state index contributed by atoms with van der Waals surface area (Å²) in [6, 6.07) is 21.9. The Hall–Kier alpha value is -4.80. The number of carbonyl (C=O) groups excluding carboxylic acids is 2. The van der Waals surface area contributed by atoms with Gasteiger partial charge in [0.2, 0.25) is 11.8 Å². The number of pyridine rings is 2. The van der Waals surface area contributed by atoms with E-state index in [4.69, 9.17) is 26.8 Å². The van der Waals surface area contributed by atoms with Crippen molar-refractivity contribution in [2.24, 2.45) is 5.73 Å². The first-order valence-electron chi connectivity index (χ1n) is 13.2. The van der Waals surface area contributed by atoms with E-state index in [1.54, 1.807) is 24.3 Å². The van der Waals surface area contributed by atoms with Gasteiger partial charge in [0.1, 0.15) is 23.6 Å². The summed E-state index contributed by atoms with van der Waals surface area (Å²) in [7, 11) is 0. The standard InChI is InChI=1S/C31H27ClFN5O4/c32-21-10-11-27(24(33)18-21)36-29(40)23-17-20-7-2-4-9-26(20)38-31(23)42-15-13-35-28(39)22-16-19-6-1-3-8-25(19)37-30(22)41-14-5-12-34/h1-4,6-11,16-18H,5,12-15,34H2,(H,35,39)(H,36,40). The molecule has 0 fully saturated rings. The van der Waals surface area contributed by atoms with Gasteiger partial charge in [-0.1, -0.05) is 48.0 Å². The van der Waals surface area contributed by atoms with Crippen LogP contribution in [0, 0.1) is 5.82 Å². The molecule has 0 unspecified atom stereocenters. The largest absolute Gasteiger partial charge is 0.477 e. The number of rotatable bonds is 11. The van der Waals surface area contributed by atoms with Gasteiger partial charge in [-0.2, -0.15) is 0 Å². The average molecular weight is 588 g/mol. The second-order valence-electron chi connectivity index (χ2n) is 9.24. The first-order valence-corrected chi connectivity index (χ1v) is 13.6. The van der Waals surface area contributed by atoms with Gasteiger partial charge in [0.15, 0.2) is 0 Å². The van der Waals surface area contributed by atoms with Crippen molar-refractivity contribution in [2.45, 2.75) is 6.42 Å². The second-order valence-corrected chi connectivity index (χ2v) is 9.68. The van der Waals surface area contributed by atoms with E-state index in [9.17, 15) is 14.0 Å². The number of hydrogen-bond acceptors (Lipinski definition) is 7. The van der Waals surface area contributed by atoms with Crippen LogP contribution >= 0.6 is 11.6 Å². The summed E-state index contributed by atoms with van der Waals surface area (Å²) in [6.45, 7) is 0.861. The predicted octanol–water partition coefficient (Wildman–Crippen LogP) is 5.36. The van der Waals surface area contributed by atoms with Crippen molar-refractivity contribution < 1.29 is 23.5 Å². The molecule has 0 bridgehead atoms. The van der Waals surface area contributed by atoms with E-state index in [2.05, 4.69) is 20.6 Å². The Balaban J connectivity index is 1.31. The molecule has 2 aromatic heterocycles. The molecule has 0 radical (unpaired) electrons. The maximum Gasteiger partial charge on any atom is 0.261 e. The number of ether oxygens (including phenoxy) is 2. The highest BCUT2D eigenvalue weighted by atomic mass is 35.5. The number of amides is 2. The molecule has 0 spiro atoms. The molecule has 0 saturated carbocycles. The van der Waals surface area contributed by atoms with Crippen LogP contribution in [0.4, 0.5) is 10.1 Å². The lowest BCUT2D eigenvalue weighted by Crippen LogP contribution is -2.29. The Bertz CT molecular complexity index is 1770. The number of nitrogens with two attached hydrogens (primary N) is 1. The van der Waals surface area contributed by atoms with Gasteiger partial charge in [-0.05, 0) is 55.4 Å². The molecule has 3 aromatic carbocycles. The molecule has 0 atom stereocenters. The monoisotopic (exact) mass is 587 g/mol. The molecule has 11 heteroatoms. The van der Waals surface area contributed by atoms with E-state index in [-0.39, 0.29) is 46.7 Å². The minimum atomic E-state index is -0.677. The van der Waals surface area contributed by atoms with E-state index in [1.807, 2.05) is 36.4 Å². The molecule has 42 heavy (non-hydrogen) atoms. The van der Waals surface area contributed by atoms with Crippen LogP contribution in [0.5, 0.6) is 11.8 Å². The molecule has 5 rings (SSSR count). The van der Waals surface area contributed by atoms with Crippen LogP contribution in [0.1, 0.15) is 27.1 Å². The van der Waals surface area contributed by atoms with Gasteiger partial charge in [-0.25, -0.2) is 14.4 Å². The second kappa shape index (κ2) is 13.2. The Morgan fingerprint density at radius 3 is 2.02 bits per heavy atom. The van der Waals surface area contributed by atoms with Gasteiger partial charge in [0, 0.05) is 15.8 Å². The lowest BCUT2D eigenvalue weighted by Gasteiger charge is -2.14. The molecule has 2 heterocycles. The summed E-state index contributed by atoms with van der Waals surface area (Å²) in [5.74, 6) is -1.44. The maximum atomic E-state index is 14.3. The first kappa shape index (κ1) is 28.7. The van der Waals surface area contributed by atoms with Crippen LogP contribution in [0.3, 0.4) is 0 Å². The molecule has 4 N–H and O–H groups in total. The molecule has 2 amide bonds. The number of carbonyl (C=O) groups is 2. The number of hydrogen-bond donors (Lipinski definition) is 3. The van der Waals surface area contributed by atoms with Gasteiger partial charge in [0.25, 0.3) is 11.8 Å². The minimum absolute atomic E-state index is 0.00294. The number of fused-ring (bicyclic) bond motifs is 2. The zero-order valence-corrected chi connectivity index (χ0v) is 23.2. The fourth-order valence-corrected chi connectivity index (χ4v) is 4.34. The Morgan fingerprint density at radius 1 is 0.810 bits per heavy atom. The highest BCUT2D eigenvalue weighted by Crippen LogP contribution is 2.26. The van der Waals surface area contributed by atoms with Crippen molar-refractivity contribution >= 4 is 50.9 Å². The predicted molar refractivity (Wildman–Crippen MR) is 160 cm³/mol. The molecular formula is C31H27ClFN5O4. The molecule has 5 aromatic rings. The summed E-state index contributed by atoms with van der Waals surface area (Å²) in [4.78, 5) is 35.3. The molecule has 0 aliphatic rings. The Kier molecular flexibility index (Phi) is 9.05. The average Bonchev–Trinajstić information content (AvgIpc) is 3.00. The third-order valence-electron chi connectivity index (χ3n) is 6.26. The molecular weight excluding hydrogens is 561 g/mol. The van der Waals surface area contributed by atoms with Crippen LogP contribution in [0.25, 0.3) is 21.8 Å². The quantitative estimate of drug-likeness (QED) is 0.177. The number of para-hydroxylation sites is 2. The fraction of sp³-hybridized carbons (Fsp3) is 0.161. The summed E-state index contributed by atoms with van der Waals surface area (Å²) < 4.78 is 26.0. The lowest BCUT2D eigenvalue weighted by molar-refractivity contribution is 0.0938. The van der Waals surface area contributed by atoms with Crippen LogP contribution in [-0.4, -0.2) is 48.1 Å². The number of nitrogens with zero attached hydrogens (tertiary/aromatic N) is 2. The van der Waals surface area contributed by atoms with E-state index in [0.29, 0.717) is 36.0 Å². The number of aromatic nitrogens is 2. The van der Waals surface area contributed by atoms with E-state index in [1.165, 1.54) is 12.1 Å². The molecule has 9 nitrogen and oxygen atoms in total. The number of anilines is 1. The van der Waals surface area contributed by atoms with Gasteiger partial charge in [-0.3, -0.25) is 9.59 Å². The zero-order chi connectivity index (χ0) is 29.5. The number of nitrogens with one attached hydrogen (secondary N) is 2. The highest BCUT2D eigenvalue weighted by Gasteiger charge is 2.19. The number of halogens is 2. The summed E-state index contributed by atoms with van der Waals surface area (Å²) in [5.41, 5.74) is 7.22. The van der Waals surface area contributed by atoms with Crippen molar-refractivity contribution in [1.82, 2.24) is 15.3 Å². The van der Waals surface area contributed by atoms with E-state index in [0.717, 1.165) is 11.5 Å².